The first-order valence-electron chi connectivity index (χ1n) is 10.3. The summed E-state index contributed by atoms with van der Waals surface area (Å²) in [6.07, 6.45) is 2.42. The van der Waals surface area contributed by atoms with Crippen molar-refractivity contribution in [3.63, 3.8) is 0 Å². The van der Waals surface area contributed by atoms with Gasteiger partial charge in [0.25, 0.3) is 0 Å². The second kappa shape index (κ2) is 7.91. The van der Waals surface area contributed by atoms with Crippen LogP contribution in [0.1, 0.15) is 47.6 Å². The molecule has 5 rings (SSSR count). The van der Waals surface area contributed by atoms with Gasteiger partial charge in [0.15, 0.2) is 5.82 Å². The third kappa shape index (κ3) is 3.57. The average molecular weight is 404 g/mol. The van der Waals surface area contributed by atoms with Crippen molar-refractivity contribution in [1.82, 2.24) is 10.1 Å². The van der Waals surface area contributed by atoms with Gasteiger partial charge in [-0.3, -0.25) is 4.90 Å². The standard InChI is InChI=1S/C23H24N4O3/c1-15-6-8-18(9-7-15)24-23(28)27-19-5-3-2-4-17(19)14-20(27)21-25-22(30-26-21)16-10-12-29-13-11-16/h2-9,16,20H,10-14H2,1H3,(H,24,28). The number of aryl methyl sites for hydroxylation is 1. The number of ether oxygens (including phenoxy) is 1. The van der Waals surface area contributed by atoms with Crippen LogP contribution in [0.5, 0.6) is 0 Å². The number of hydrogen-bond donors (Lipinski definition) is 1. The van der Waals surface area contributed by atoms with Gasteiger partial charge in [0.1, 0.15) is 6.04 Å². The summed E-state index contributed by atoms with van der Waals surface area (Å²) >= 11 is 0. The zero-order valence-electron chi connectivity index (χ0n) is 16.9. The molecule has 3 heterocycles. The summed E-state index contributed by atoms with van der Waals surface area (Å²) in [7, 11) is 0. The first-order chi connectivity index (χ1) is 14.7. The number of para-hydroxylation sites is 1. The second-order valence-corrected chi connectivity index (χ2v) is 7.89. The topological polar surface area (TPSA) is 80.5 Å². The van der Waals surface area contributed by atoms with Crippen molar-refractivity contribution in [2.24, 2.45) is 0 Å². The number of carbonyl (C=O) groups is 1. The van der Waals surface area contributed by atoms with Crippen molar-refractivity contribution in [2.75, 3.05) is 23.4 Å². The highest BCUT2D eigenvalue weighted by molar-refractivity contribution is 6.03. The van der Waals surface area contributed by atoms with E-state index in [0.717, 1.165) is 35.3 Å². The fourth-order valence-electron chi connectivity index (χ4n) is 4.16. The minimum atomic E-state index is -0.301. The predicted molar refractivity (Wildman–Crippen MR) is 113 cm³/mol. The van der Waals surface area contributed by atoms with E-state index in [-0.39, 0.29) is 18.0 Å². The van der Waals surface area contributed by atoms with Gasteiger partial charge in [-0.2, -0.15) is 4.98 Å². The van der Waals surface area contributed by atoms with E-state index in [1.807, 2.05) is 55.5 Å². The molecule has 0 aliphatic carbocycles. The highest BCUT2D eigenvalue weighted by Crippen LogP contribution is 2.40. The van der Waals surface area contributed by atoms with E-state index in [4.69, 9.17) is 14.2 Å². The summed E-state index contributed by atoms with van der Waals surface area (Å²) in [6.45, 7) is 3.44. The van der Waals surface area contributed by atoms with E-state index in [9.17, 15) is 4.79 Å². The minimum absolute atomic E-state index is 0.203. The number of nitrogens with zero attached hydrogens (tertiary/aromatic N) is 3. The number of rotatable bonds is 3. The number of amides is 2. The lowest BCUT2D eigenvalue weighted by atomic mass is 10.0. The smallest absolute Gasteiger partial charge is 0.327 e. The number of urea groups is 1. The molecule has 0 saturated carbocycles. The molecule has 2 amide bonds. The Kier molecular flexibility index (Phi) is 4.96. The van der Waals surface area contributed by atoms with Crippen LogP contribution in [0.4, 0.5) is 16.2 Å². The van der Waals surface area contributed by atoms with Crippen LogP contribution in [0.2, 0.25) is 0 Å². The summed E-state index contributed by atoms with van der Waals surface area (Å²) in [5, 5.41) is 7.27. The van der Waals surface area contributed by atoms with Gasteiger partial charge >= 0.3 is 6.03 Å². The largest absolute Gasteiger partial charge is 0.381 e. The molecule has 2 aromatic carbocycles. The van der Waals surface area contributed by atoms with E-state index in [1.165, 1.54) is 0 Å². The average Bonchev–Trinajstić information content (AvgIpc) is 3.41. The summed E-state index contributed by atoms with van der Waals surface area (Å²) in [5.41, 5.74) is 3.87. The first-order valence-corrected chi connectivity index (χ1v) is 10.3. The van der Waals surface area contributed by atoms with E-state index in [0.29, 0.717) is 31.3 Å². The molecule has 1 fully saturated rings. The Labute approximate surface area is 175 Å². The van der Waals surface area contributed by atoms with E-state index in [1.54, 1.807) is 4.90 Å². The van der Waals surface area contributed by atoms with Gasteiger partial charge in [-0.1, -0.05) is 41.1 Å². The second-order valence-electron chi connectivity index (χ2n) is 7.89. The van der Waals surface area contributed by atoms with E-state index < -0.39 is 0 Å². The summed E-state index contributed by atoms with van der Waals surface area (Å²) in [5.74, 6) is 1.41. The number of benzene rings is 2. The molecular weight excluding hydrogens is 380 g/mol. The Balaban J connectivity index is 1.43. The van der Waals surface area contributed by atoms with Crippen molar-refractivity contribution in [1.29, 1.82) is 0 Å². The third-order valence-electron chi connectivity index (χ3n) is 5.82. The molecule has 0 spiro atoms. The quantitative estimate of drug-likeness (QED) is 0.690. The van der Waals surface area contributed by atoms with Crippen LogP contribution >= 0.6 is 0 Å². The Morgan fingerprint density at radius 1 is 1.10 bits per heavy atom. The highest BCUT2D eigenvalue weighted by Gasteiger charge is 2.38. The number of nitrogens with one attached hydrogen (secondary N) is 1. The van der Waals surface area contributed by atoms with Gasteiger partial charge in [0, 0.05) is 36.9 Å². The minimum Gasteiger partial charge on any atom is -0.381 e. The number of carbonyl (C=O) groups excluding carboxylic acids is 1. The van der Waals surface area contributed by atoms with Crippen LogP contribution in [-0.2, 0) is 11.2 Å². The molecule has 1 aromatic heterocycles. The van der Waals surface area contributed by atoms with Crippen LogP contribution in [-0.4, -0.2) is 29.4 Å². The van der Waals surface area contributed by atoms with Gasteiger partial charge in [-0.15, -0.1) is 0 Å². The van der Waals surface area contributed by atoms with Crippen LogP contribution < -0.4 is 10.2 Å². The number of hydrogen-bond acceptors (Lipinski definition) is 5. The zero-order chi connectivity index (χ0) is 20.5. The summed E-state index contributed by atoms with van der Waals surface area (Å²) < 4.78 is 11.0. The first kappa shape index (κ1) is 18.8. The van der Waals surface area contributed by atoms with Gasteiger partial charge < -0.3 is 14.6 Å². The molecule has 2 aliphatic heterocycles. The molecule has 7 heteroatoms. The summed E-state index contributed by atoms with van der Waals surface area (Å²) in [4.78, 5) is 19.7. The van der Waals surface area contributed by atoms with E-state index >= 15 is 0 Å². The summed E-state index contributed by atoms with van der Waals surface area (Å²) in [6, 6.07) is 15.2. The number of aromatic nitrogens is 2. The SMILES string of the molecule is Cc1ccc(NC(=O)N2c3ccccc3CC2c2noc(C3CCOCC3)n2)cc1. The molecule has 1 saturated heterocycles. The van der Waals surface area contributed by atoms with Crippen LogP contribution in [0, 0.1) is 6.92 Å². The highest BCUT2D eigenvalue weighted by atomic mass is 16.5. The molecule has 7 nitrogen and oxygen atoms in total. The maximum Gasteiger partial charge on any atom is 0.327 e. The Morgan fingerprint density at radius 3 is 2.67 bits per heavy atom. The maximum absolute atomic E-state index is 13.3. The molecule has 1 unspecified atom stereocenters. The van der Waals surface area contributed by atoms with Crippen molar-refractivity contribution in [3.8, 4) is 0 Å². The van der Waals surface area contributed by atoms with Crippen molar-refractivity contribution < 1.29 is 14.1 Å². The molecule has 154 valence electrons. The molecule has 0 bridgehead atoms. The fraction of sp³-hybridized carbons (Fsp3) is 0.348. The zero-order valence-corrected chi connectivity index (χ0v) is 16.9. The third-order valence-corrected chi connectivity index (χ3v) is 5.82. The van der Waals surface area contributed by atoms with Gasteiger partial charge in [-0.25, -0.2) is 4.79 Å². The molecule has 1 atom stereocenters. The number of anilines is 2. The van der Waals surface area contributed by atoms with E-state index in [2.05, 4.69) is 10.5 Å². The van der Waals surface area contributed by atoms with Crippen molar-refractivity contribution >= 4 is 17.4 Å². The Hall–Kier alpha value is -3.19. The fourth-order valence-corrected chi connectivity index (χ4v) is 4.16. The van der Waals surface area contributed by atoms with Gasteiger partial charge in [0.05, 0.1) is 0 Å². The monoisotopic (exact) mass is 404 g/mol. The lowest BCUT2D eigenvalue weighted by molar-refractivity contribution is 0.0778. The van der Waals surface area contributed by atoms with Crippen molar-refractivity contribution in [2.45, 2.75) is 38.1 Å². The van der Waals surface area contributed by atoms with Crippen LogP contribution in [0.25, 0.3) is 0 Å². The molecule has 2 aliphatic rings. The number of fused-ring (bicyclic) bond motifs is 1. The predicted octanol–water partition coefficient (Wildman–Crippen LogP) is 4.61. The molecular formula is C23H24N4O3. The normalized spacial score (nSPS) is 19.0. The molecule has 3 aromatic rings. The lowest BCUT2D eigenvalue weighted by Crippen LogP contribution is -2.36. The van der Waals surface area contributed by atoms with Gasteiger partial charge in [-0.05, 0) is 43.5 Å². The molecule has 1 N–H and O–H groups in total. The Bertz CT molecular complexity index is 1040. The lowest BCUT2D eigenvalue weighted by Gasteiger charge is -2.24. The van der Waals surface area contributed by atoms with Crippen LogP contribution in [0.15, 0.2) is 53.1 Å². The van der Waals surface area contributed by atoms with Crippen LogP contribution in [0.3, 0.4) is 0 Å². The Morgan fingerprint density at radius 2 is 1.87 bits per heavy atom. The maximum atomic E-state index is 13.3. The molecule has 30 heavy (non-hydrogen) atoms. The van der Waals surface area contributed by atoms with Gasteiger partial charge in [0.2, 0.25) is 5.89 Å². The molecule has 0 radical (unpaired) electrons. The van der Waals surface area contributed by atoms with Crippen molar-refractivity contribution in [3.05, 3.63) is 71.4 Å².